The number of pyridine rings is 1. The van der Waals surface area contributed by atoms with Crippen LogP contribution in [0.2, 0.25) is 0 Å². The number of amides is 1. The molecule has 0 radical (unpaired) electrons. The summed E-state index contributed by atoms with van der Waals surface area (Å²) in [6.07, 6.45) is 3.82. The van der Waals surface area contributed by atoms with Gasteiger partial charge in [-0.2, -0.15) is 0 Å². The fourth-order valence-corrected chi connectivity index (χ4v) is 5.01. The highest BCUT2D eigenvalue weighted by atomic mass is 32.1. The number of nitrogens with one attached hydrogen (secondary N) is 2. The van der Waals surface area contributed by atoms with E-state index in [1.165, 1.54) is 6.07 Å². The number of nitrogens with zero attached hydrogens (tertiary/aromatic N) is 4. The first-order valence-electron chi connectivity index (χ1n) is 12.2. The summed E-state index contributed by atoms with van der Waals surface area (Å²) in [6, 6.07) is 23.1. The minimum atomic E-state index is -0.408. The van der Waals surface area contributed by atoms with Gasteiger partial charge in [0.15, 0.2) is 5.11 Å². The summed E-state index contributed by atoms with van der Waals surface area (Å²) in [5.41, 5.74) is 4.20. The molecule has 1 amide bonds. The van der Waals surface area contributed by atoms with E-state index in [9.17, 15) is 14.9 Å². The number of nitro benzene ring substituents is 1. The van der Waals surface area contributed by atoms with Gasteiger partial charge < -0.3 is 20.1 Å². The Labute approximate surface area is 225 Å². The van der Waals surface area contributed by atoms with E-state index in [2.05, 4.69) is 15.6 Å². The lowest BCUT2D eigenvalue weighted by atomic mass is 10.0. The van der Waals surface area contributed by atoms with Crippen LogP contribution in [0.1, 0.15) is 35.5 Å². The average Bonchev–Trinajstić information content (AvgIpc) is 3.53. The van der Waals surface area contributed by atoms with Crippen LogP contribution >= 0.6 is 12.2 Å². The zero-order valence-electron chi connectivity index (χ0n) is 20.7. The van der Waals surface area contributed by atoms with Gasteiger partial charge in [0, 0.05) is 48.9 Å². The Morgan fingerprint density at radius 3 is 2.66 bits per heavy atom. The summed E-state index contributed by atoms with van der Waals surface area (Å²) in [5, 5.41) is 18.3. The smallest absolute Gasteiger partial charge is 0.271 e. The Morgan fingerprint density at radius 2 is 1.92 bits per heavy atom. The van der Waals surface area contributed by atoms with Crippen LogP contribution in [-0.2, 0) is 4.79 Å². The zero-order valence-corrected chi connectivity index (χ0v) is 21.5. The topological polar surface area (TPSA) is 105 Å². The highest BCUT2D eigenvalue weighted by Gasteiger charge is 2.41. The third-order valence-electron chi connectivity index (χ3n) is 6.51. The largest absolute Gasteiger partial charge is 0.352 e. The lowest BCUT2D eigenvalue weighted by molar-refractivity contribution is -0.384. The summed E-state index contributed by atoms with van der Waals surface area (Å²) < 4.78 is 1.92. The first-order valence-corrected chi connectivity index (χ1v) is 12.6. The van der Waals surface area contributed by atoms with Gasteiger partial charge in [0.05, 0.1) is 28.4 Å². The predicted molar refractivity (Wildman–Crippen MR) is 149 cm³/mol. The van der Waals surface area contributed by atoms with Crippen LogP contribution in [-0.4, -0.2) is 36.9 Å². The van der Waals surface area contributed by atoms with Gasteiger partial charge in [-0.15, -0.1) is 0 Å². The van der Waals surface area contributed by atoms with Gasteiger partial charge >= 0.3 is 0 Å². The number of hydrogen-bond donors (Lipinski definition) is 2. The number of nitro groups is 1. The second kappa shape index (κ2) is 10.8. The van der Waals surface area contributed by atoms with E-state index in [0.717, 1.165) is 22.6 Å². The summed E-state index contributed by atoms with van der Waals surface area (Å²) in [4.78, 5) is 30.4. The summed E-state index contributed by atoms with van der Waals surface area (Å²) >= 11 is 5.74. The van der Waals surface area contributed by atoms with Crippen LogP contribution in [0.4, 0.5) is 11.4 Å². The molecule has 2 aromatic heterocycles. The molecule has 1 aliphatic rings. The fourth-order valence-electron chi connectivity index (χ4n) is 4.68. The highest BCUT2D eigenvalue weighted by Crippen LogP contribution is 2.39. The van der Waals surface area contributed by atoms with E-state index in [1.807, 2.05) is 83.3 Å². The molecule has 10 heteroatoms. The third-order valence-corrected chi connectivity index (χ3v) is 6.87. The van der Waals surface area contributed by atoms with Gasteiger partial charge in [-0.05, 0) is 61.6 Å². The Morgan fingerprint density at radius 1 is 1.11 bits per heavy atom. The van der Waals surface area contributed by atoms with Crippen LogP contribution in [0.5, 0.6) is 0 Å². The van der Waals surface area contributed by atoms with Crippen molar-refractivity contribution in [3.05, 3.63) is 118 Å². The lowest BCUT2D eigenvalue weighted by Gasteiger charge is -2.28. The van der Waals surface area contributed by atoms with Crippen LogP contribution in [0, 0.1) is 17.0 Å². The standard InChI is InChI=1S/C28H26N6O3S/c1-19-10-12-20(13-11-19)30-25(35)14-17-33-27(26(31-28(33)38)23-8-2-3-15-29-23)24-9-5-16-32(24)21-6-4-7-22(18-21)34(36)37/h2-13,15-16,18,26-27H,14,17H2,1H3,(H,30,35)(H,31,38). The van der Waals surface area contributed by atoms with Gasteiger partial charge in [-0.25, -0.2) is 0 Å². The molecule has 4 aromatic rings. The molecule has 1 fully saturated rings. The van der Waals surface area contributed by atoms with Crippen molar-refractivity contribution >= 4 is 34.6 Å². The minimum Gasteiger partial charge on any atom is -0.352 e. The minimum absolute atomic E-state index is 0.00752. The van der Waals surface area contributed by atoms with Gasteiger partial charge in [0.1, 0.15) is 0 Å². The molecule has 1 saturated heterocycles. The molecule has 192 valence electrons. The third kappa shape index (κ3) is 5.25. The number of benzene rings is 2. The lowest BCUT2D eigenvalue weighted by Crippen LogP contribution is -2.33. The molecule has 2 aromatic carbocycles. The maximum Gasteiger partial charge on any atom is 0.271 e. The van der Waals surface area contributed by atoms with Gasteiger partial charge in [-0.1, -0.05) is 29.8 Å². The molecule has 5 rings (SSSR count). The maximum atomic E-state index is 12.8. The summed E-state index contributed by atoms with van der Waals surface area (Å²) in [5.74, 6) is -0.120. The number of thiocarbonyl (C=S) groups is 1. The first kappa shape index (κ1) is 25.1. The average molecular weight is 527 g/mol. The molecule has 2 unspecified atom stereocenters. The Kier molecular flexibility index (Phi) is 7.14. The molecule has 0 spiro atoms. The Hall–Kier alpha value is -4.57. The number of rotatable bonds is 8. The van der Waals surface area contributed by atoms with Crippen molar-refractivity contribution in [2.45, 2.75) is 25.4 Å². The van der Waals surface area contributed by atoms with E-state index >= 15 is 0 Å². The normalized spacial score (nSPS) is 16.8. The quantitative estimate of drug-likeness (QED) is 0.187. The predicted octanol–water partition coefficient (Wildman–Crippen LogP) is 5.09. The zero-order chi connectivity index (χ0) is 26.6. The number of carbonyl (C=O) groups excluding carboxylic acids is 1. The van der Waals surface area contributed by atoms with E-state index in [4.69, 9.17) is 12.2 Å². The Balaban J connectivity index is 1.45. The number of non-ortho nitro benzene ring substituents is 1. The van der Waals surface area contributed by atoms with E-state index in [-0.39, 0.29) is 30.1 Å². The highest BCUT2D eigenvalue weighted by molar-refractivity contribution is 7.80. The van der Waals surface area contributed by atoms with Gasteiger partial charge in [0.25, 0.3) is 5.69 Å². The molecular formula is C28H26N6O3S. The monoisotopic (exact) mass is 526 g/mol. The van der Waals surface area contributed by atoms with Crippen LogP contribution in [0.15, 0.2) is 91.3 Å². The van der Waals surface area contributed by atoms with E-state index < -0.39 is 4.92 Å². The number of hydrogen-bond acceptors (Lipinski definition) is 5. The van der Waals surface area contributed by atoms with E-state index in [0.29, 0.717) is 17.3 Å². The van der Waals surface area contributed by atoms with Crippen molar-refractivity contribution in [2.75, 3.05) is 11.9 Å². The molecule has 0 aliphatic carbocycles. The first-order chi connectivity index (χ1) is 18.4. The SMILES string of the molecule is Cc1ccc(NC(=O)CCN2C(=S)NC(c3ccccn3)C2c2cccn2-c2cccc([N+](=O)[O-])c2)cc1. The molecule has 2 atom stereocenters. The van der Waals surface area contributed by atoms with Gasteiger partial charge in [-0.3, -0.25) is 19.9 Å². The molecule has 1 aliphatic heterocycles. The van der Waals surface area contributed by atoms with Crippen molar-refractivity contribution in [1.82, 2.24) is 19.8 Å². The molecule has 38 heavy (non-hydrogen) atoms. The maximum absolute atomic E-state index is 12.8. The van der Waals surface area contributed by atoms with Crippen molar-refractivity contribution in [3.63, 3.8) is 0 Å². The van der Waals surface area contributed by atoms with Crippen molar-refractivity contribution in [1.29, 1.82) is 0 Å². The number of aromatic nitrogens is 2. The molecule has 3 heterocycles. The molecular weight excluding hydrogens is 500 g/mol. The van der Waals surface area contributed by atoms with Crippen LogP contribution in [0.25, 0.3) is 5.69 Å². The van der Waals surface area contributed by atoms with E-state index in [1.54, 1.807) is 18.3 Å². The second-order valence-corrected chi connectivity index (χ2v) is 9.45. The van der Waals surface area contributed by atoms with Gasteiger partial charge in [0.2, 0.25) is 5.91 Å². The molecule has 2 N–H and O–H groups in total. The van der Waals surface area contributed by atoms with Crippen LogP contribution in [0.3, 0.4) is 0 Å². The van der Waals surface area contributed by atoms with Crippen molar-refractivity contribution < 1.29 is 9.72 Å². The number of anilines is 1. The van der Waals surface area contributed by atoms with Crippen molar-refractivity contribution in [3.8, 4) is 5.69 Å². The summed E-state index contributed by atoms with van der Waals surface area (Å²) in [6.45, 7) is 2.37. The second-order valence-electron chi connectivity index (χ2n) is 9.06. The number of carbonyl (C=O) groups is 1. The van der Waals surface area contributed by atoms with Crippen LogP contribution < -0.4 is 10.6 Å². The molecule has 0 saturated carbocycles. The van der Waals surface area contributed by atoms with Crippen molar-refractivity contribution in [2.24, 2.45) is 0 Å². The fraction of sp³-hybridized carbons (Fsp3) is 0.179. The number of aryl methyl sites for hydroxylation is 1. The molecule has 0 bridgehead atoms. The molecule has 9 nitrogen and oxygen atoms in total. The summed E-state index contributed by atoms with van der Waals surface area (Å²) in [7, 11) is 0. The Bertz CT molecular complexity index is 1470.